The van der Waals surface area contributed by atoms with Gasteiger partial charge in [-0.2, -0.15) is 0 Å². The lowest BCUT2D eigenvalue weighted by Crippen LogP contribution is -2.31. The van der Waals surface area contributed by atoms with Gasteiger partial charge >= 0.3 is 0 Å². The number of carbonyl (C=O) groups excluding carboxylic acids is 1. The number of hydrogen-bond acceptors (Lipinski definition) is 7. The maximum absolute atomic E-state index is 13.4. The summed E-state index contributed by atoms with van der Waals surface area (Å²) in [5.41, 5.74) is 3.38. The van der Waals surface area contributed by atoms with Crippen LogP contribution in [0.3, 0.4) is 0 Å². The molecule has 0 aliphatic heterocycles. The first-order valence-corrected chi connectivity index (χ1v) is 11.1. The van der Waals surface area contributed by atoms with Crippen LogP contribution in [0.25, 0.3) is 10.2 Å². The maximum Gasteiger partial charge on any atom is 0.262 e. The summed E-state index contributed by atoms with van der Waals surface area (Å²) in [6.45, 7) is 6.30. The second-order valence-corrected chi connectivity index (χ2v) is 8.43. The number of pyridine rings is 1. The van der Waals surface area contributed by atoms with Gasteiger partial charge in [-0.25, -0.2) is 9.97 Å². The van der Waals surface area contributed by atoms with Gasteiger partial charge in [0, 0.05) is 24.1 Å². The van der Waals surface area contributed by atoms with Gasteiger partial charge in [0.15, 0.2) is 5.13 Å². The molecule has 0 N–H and O–H groups in total. The van der Waals surface area contributed by atoms with E-state index >= 15 is 0 Å². The summed E-state index contributed by atoms with van der Waals surface area (Å²) in [5.74, 6) is 1.34. The molecule has 0 saturated carbocycles. The third-order valence-electron chi connectivity index (χ3n) is 4.61. The van der Waals surface area contributed by atoms with E-state index in [9.17, 15) is 4.79 Å². The first kappa shape index (κ1) is 19.6. The Hall–Kier alpha value is -2.71. The highest BCUT2D eigenvalue weighted by Crippen LogP contribution is 2.32. The van der Waals surface area contributed by atoms with Crippen LogP contribution in [-0.2, 0) is 5.75 Å². The van der Waals surface area contributed by atoms with Gasteiger partial charge in [-0.1, -0.05) is 28.6 Å². The molecule has 0 aliphatic rings. The zero-order valence-electron chi connectivity index (χ0n) is 16.4. The number of para-hydroxylation sites is 1. The number of fused-ring (bicyclic) bond motifs is 1. The van der Waals surface area contributed by atoms with Crippen molar-refractivity contribution in [3.63, 3.8) is 0 Å². The molecular weight excluding hydrogens is 404 g/mol. The fourth-order valence-corrected chi connectivity index (χ4v) is 5.17. The number of thiazole rings is 1. The van der Waals surface area contributed by atoms with Crippen molar-refractivity contribution in [3.05, 3.63) is 65.2 Å². The summed E-state index contributed by atoms with van der Waals surface area (Å²) in [7, 11) is 0. The third kappa shape index (κ3) is 3.90. The summed E-state index contributed by atoms with van der Waals surface area (Å²) in [6, 6.07) is 11.5. The fourth-order valence-electron chi connectivity index (χ4n) is 3.00. The number of aromatic nitrogens is 3. The minimum atomic E-state index is -0.0964. The number of anilines is 1. The molecule has 0 radical (unpaired) electrons. The number of benzene rings is 1. The second kappa shape index (κ2) is 8.34. The lowest BCUT2D eigenvalue weighted by atomic mass is 10.2. The van der Waals surface area contributed by atoms with Gasteiger partial charge in [-0.3, -0.25) is 9.69 Å². The second-order valence-electron chi connectivity index (χ2n) is 6.46. The number of nitrogens with zero attached hydrogens (tertiary/aromatic N) is 4. The van der Waals surface area contributed by atoms with E-state index in [1.54, 1.807) is 17.2 Å². The van der Waals surface area contributed by atoms with Crippen molar-refractivity contribution in [2.24, 2.45) is 0 Å². The Morgan fingerprint density at radius 3 is 2.76 bits per heavy atom. The molecule has 1 aromatic carbocycles. The molecule has 148 valence electrons. The minimum Gasteiger partial charge on any atom is -0.361 e. The van der Waals surface area contributed by atoms with Gasteiger partial charge in [-0.05, 0) is 45.0 Å². The quantitative estimate of drug-likeness (QED) is 0.393. The van der Waals surface area contributed by atoms with Crippen LogP contribution in [0.15, 0.2) is 52.1 Å². The first-order valence-electron chi connectivity index (χ1n) is 9.25. The molecule has 29 heavy (non-hydrogen) atoms. The lowest BCUT2D eigenvalue weighted by Gasteiger charge is -2.19. The number of rotatable bonds is 6. The highest BCUT2D eigenvalue weighted by Gasteiger charge is 2.23. The van der Waals surface area contributed by atoms with E-state index < -0.39 is 0 Å². The summed E-state index contributed by atoms with van der Waals surface area (Å²) in [4.78, 5) is 24.2. The average Bonchev–Trinajstić information content (AvgIpc) is 3.30. The van der Waals surface area contributed by atoms with E-state index in [4.69, 9.17) is 4.52 Å². The van der Waals surface area contributed by atoms with Crippen molar-refractivity contribution in [3.8, 4) is 0 Å². The van der Waals surface area contributed by atoms with Crippen LogP contribution >= 0.6 is 23.1 Å². The van der Waals surface area contributed by atoms with Crippen molar-refractivity contribution >= 4 is 44.4 Å². The van der Waals surface area contributed by atoms with E-state index in [2.05, 4.69) is 15.1 Å². The molecule has 8 heteroatoms. The number of carbonyl (C=O) groups is 1. The van der Waals surface area contributed by atoms with Crippen LogP contribution in [0.4, 0.5) is 5.13 Å². The summed E-state index contributed by atoms with van der Waals surface area (Å²) >= 11 is 3.03. The number of thioether (sulfide) groups is 1. The Morgan fingerprint density at radius 2 is 2.03 bits per heavy atom. The smallest absolute Gasteiger partial charge is 0.262 e. The predicted octanol–water partition coefficient (Wildman–Crippen LogP) is 5.26. The Kier molecular flexibility index (Phi) is 5.64. The van der Waals surface area contributed by atoms with E-state index in [0.29, 0.717) is 28.0 Å². The molecule has 3 heterocycles. The molecule has 0 fully saturated rings. The minimum absolute atomic E-state index is 0.0964. The zero-order chi connectivity index (χ0) is 20.4. The molecule has 4 rings (SSSR count). The molecule has 0 bridgehead atoms. The van der Waals surface area contributed by atoms with Gasteiger partial charge in [0.05, 0.1) is 21.5 Å². The summed E-state index contributed by atoms with van der Waals surface area (Å²) in [5, 5.41) is 5.39. The van der Waals surface area contributed by atoms with Crippen LogP contribution < -0.4 is 4.90 Å². The van der Waals surface area contributed by atoms with E-state index in [1.165, 1.54) is 23.1 Å². The molecule has 0 saturated heterocycles. The molecule has 0 unspecified atom stereocenters. The number of hydrogen-bond donors (Lipinski definition) is 0. The molecule has 6 nitrogen and oxygen atoms in total. The van der Waals surface area contributed by atoms with Crippen molar-refractivity contribution < 1.29 is 9.32 Å². The molecule has 0 spiro atoms. The predicted molar refractivity (Wildman–Crippen MR) is 117 cm³/mol. The normalized spacial score (nSPS) is 11.1. The van der Waals surface area contributed by atoms with Crippen LogP contribution in [0, 0.1) is 13.8 Å². The monoisotopic (exact) mass is 424 g/mol. The first-order chi connectivity index (χ1) is 14.1. The van der Waals surface area contributed by atoms with E-state index in [0.717, 1.165) is 27.2 Å². The Balaban J connectivity index is 1.62. The summed E-state index contributed by atoms with van der Waals surface area (Å²) < 4.78 is 6.30. The van der Waals surface area contributed by atoms with Gasteiger partial charge in [0.2, 0.25) is 0 Å². The van der Waals surface area contributed by atoms with Gasteiger partial charge in [0.25, 0.3) is 5.91 Å². The average molecular weight is 425 g/mol. The SMILES string of the molecule is CCN(C(=O)c1cccnc1SCc1c(C)noc1C)c1nc2ccccc2s1. The van der Waals surface area contributed by atoms with Crippen LogP contribution in [0.1, 0.15) is 34.3 Å². The van der Waals surface area contributed by atoms with Crippen LogP contribution in [0.2, 0.25) is 0 Å². The lowest BCUT2D eigenvalue weighted by molar-refractivity contribution is 0.0985. The zero-order valence-corrected chi connectivity index (χ0v) is 18.0. The van der Waals surface area contributed by atoms with Crippen molar-refractivity contribution in [2.75, 3.05) is 11.4 Å². The molecule has 1 amide bonds. The highest BCUT2D eigenvalue weighted by atomic mass is 32.2. The Bertz CT molecular complexity index is 1120. The van der Waals surface area contributed by atoms with E-state index in [-0.39, 0.29) is 5.91 Å². The van der Waals surface area contributed by atoms with E-state index in [1.807, 2.05) is 51.1 Å². The van der Waals surface area contributed by atoms with Crippen LogP contribution in [0.5, 0.6) is 0 Å². The van der Waals surface area contributed by atoms with Gasteiger partial charge in [-0.15, -0.1) is 11.8 Å². The standard InChI is InChI=1S/C21H20N4O2S2/c1-4-25(21-23-17-9-5-6-10-18(17)29-21)20(26)15-8-7-11-22-19(15)28-12-16-13(2)24-27-14(16)3/h5-11H,4,12H2,1-3H3. The maximum atomic E-state index is 13.4. The highest BCUT2D eigenvalue weighted by molar-refractivity contribution is 7.98. The topological polar surface area (TPSA) is 72.1 Å². The van der Waals surface area contributed by atoms with Gasteiger partial charge in [0.1, 0.15) is 10.8 Å². The van der Waals surface area contributed by atoms with Gasteiger partial charge < -0.3 is 4.52 Å². The molecule has 0 atom stereocenters. The molecular formula is C21H20N4O2S2. The Morgan fingerprint density at radius 1 is 1.21 bits per heavy atom. The molecule has 4 aromatic rings. The third-order valence-corrected chi connectivity index (χ3v) is 6.70. The summed E-state index contributed by atoms with van der Waals surface area (Å²) in [6.07, 6.45) is 1.71. The fraction of sp³-hybridized carbons (Fsp3) is 0.238. The molecule has 0 aliphatic carbocycles. The molecule has 3 aromatic heterocycles. The number of amides is 1. The van der Waals surface area contributed by atoms with Crippen molar-refractivity contribution in [1.82, 2.24) is 15.1 Å². The van der Waals surface area contributed by atoms with Crippen LogP contribution in [-0.4, -0.2) is 27.6 Å². The largest absolute Gasteiger partial charge is 0.361 e. The number of aryl methyl sites for hydroxylation is 2. The Labute approximate surface area is 177 Å². The van der Waals surface area contributed by atoms with Crippen molar-refractivity contribution in [1.29, 1.82) is 0 Å². The van der Waals surface area contributed by atoms with Crippen molar-refractivity contribution in [2.45, 2.75) is 31.6 Å².